The molecule has 1 amide bonds. The molecule has 0 spiro atoms. The monoisotopic (exact) mass is 448 g/mol. The van der Waals surface area contributed by atoms with E-state index in [2.05, 4.69) is 26.6 Å². The van der Waals surface area contributed by atoms with E-state index in [1.807, 2.05) is 51.1 Å². The quantitative estimate of drug-likeness (QED) is 0.616. The second kappa shape index (κ2) is 9.59. The first kappa shape index (κ1) is 21.8. The van der Waals surface area contributed by atoms with E-state index in [0.717, 1.165) is 21.3 Å². The van der Waals surface area contributed by atoms with Gasteiger partial charge in [-0.2, -0.15) is 0 Å². The number of carbonyl (C=O) groups is 2. The number of amides is 1. The number of esters is 1. The normalized spacial score (nSPS) is 10.9. The number of ether oxygens (including phenoxy) is 2. The number of halogens is 1. The highest BCUT2D eigenvalue weighted by molar-refractivity contribution is 9.10. The number of para-hydroxylation sites is 1. The van der Waals surface area contributed by atoms with Crippen LogP contribution in [0.25, 0.3) is 0 Å². The summed E-state index contributed by atoms with van der Waals surface area (Å²) in [6, 6.07) is 13.1. The van der Waals surface area contributed by atoms with Crippen molar-refractivity contribution in [2.45, 2.75) is 39.5 Å². The zero-order valence-corrected chi connectivity index (χ0v) is 18.1. The highest BCUT2D eigenvalue weighted by Gasteiger charge is 2.16. The van der Waals surface area contributed by atoms with Crippen molar-refractivity contribution in [3.63, 3.8) is 0 Å². The molecule has 2 aromatic carbocycles. The Balaban J connectivity index is 2.02. The number of methoxy groups -OCH3 is 1. The Labute approximate surface area is 173 Å². The molecule has 2 rings (SSSR count). The second-order valence-electron chi connectivity index (χ2n) is 7.16. The zero-order valence-electron chi connectivity index (χ0n) is 16.5. The second-order valence-corrected chi connectivity index (χ2v) is 8.02. The van der Waals surface area contributed by atoms with Crippen molar-refractivity contribution in [1.82, 2.24) is 5.32 Å². The van der Waals surface area contributed by atoms with Gasteiger partial charge in [-0.1, -0.05) is 40.2 Å². The molecule has 0 saturated heterocycles. The van der Waals surface area contributed by atoms with Crippen LogP contribution in [0.3, 0.4) is 0 Å². The van der Waals surface area contributed by atoms with Gasteiger partial charge in [0.25, 0.3) is 0 Å². The van der Waals surface area contributed by atoms with Crippen molar-refractivity contribution in [2.24, 2.45) is 0 Å². The van der Waals surface area contributed by atoms with Crippen molar-refractivity contribution in [3.05, 3.63) is 63.6 Å². The van der Waals surface area contributed by atoms with Gasteiger partial charge in [0.1, 0.15) is 5.60 Å². The van der Waals surface area contributed by atoms with E-state index in [0.29, 0.717) is 18.7 Å². The van der Waals surface area contributed by atoms with Gasteiger partial charge in [0, 0.05) is 23.2 Å². The molecule has 0 heterocycles. The Morgan fingerprint density at radius 1 is 1.04 bits per heavy atom. The Kier molecular flexibility index (Phi) is 7.45. The minimum Gasteiger partial charge on any atom is -0.465 e. The first-order valence-corrected chi connectivity index (χ1v) is 9.64. The lowest BCUT2D eigenvalue weighted by atomic mass is 10.1. The van der Waals surface area contributed by atoms with Gasteiger partial charge in [-0.05, 0) is 50.1 Å². The van der Waals surface area contributed by atoms with Crippen LogP contribution >= 0.6 is 15.9 Å². The fourth-order valence-electron chi connectivity index (χ4n) is 2.45. The highest BCUT2D eigenvalue weighted by atomic mass is 79.9. The Morgan fingerprint density at radius 2 is 1.75 bits per heavy atom. The van der Waals surface area contributed by atoms with Gasteiger partial charge in [-0.15, -0.1) is 0 Å². The van der Waals surface area contributed by atoms with Crippen LogP contribution in [0.15, 0.2) is 46.9 Å². The van der Waals surface area contributed by atoms with Crippen molar-refractivity contribution in [2.75, 3.05) is 12.4 Å². The van der Waals surface area contributed by atoms with Crippen LogP contribution in [0, 0.1) is 0 Å². The Bertz CT molecular complexity index is 847. The average Bonchev–Trinajstić information content (AvgIpc) is 2.64. The number of rotatable bonds is 6. The molecule has 6 nitrogen and oxygen atoms in total. The summed E-state index contributed by atoms with van der Waals surface area (Å²) >= 11 is 3.49. The maximum Gasteiger partial charge on any atom is 0.407 e. The van der Waals surface area contributed by atoms with Crippen molar-refractivity contribution in [3.8, 4) is 0 Å². The molecule has 0 aromatic heterocycles. The van der Waals surface area contributed by atoms with E-state index in [9.17, 15) is 9.59 Å². The number of anilines is 1. The SMILES string of the molecule is COC(=O)c1ccc(CNc2ccccc2CNC(=O)OC(C)(C)C)c(Br)c1. The van der Waals surface area contributed by atoms with Crippen LogP contribution < -0.4 is 10.6 Å². The molecule has 2 aromatic rings. The largest absolute Gasteiger partial charge is 0.465 e. The van der Waals surface area contributed by atoms with Crippen LogP contribution in [0.5, 0.6) is 0 Å². The number of alkyl carbamates (subject to hydrolysis) is 1. The third-order valence-electron chi connectivity index (χ3n) is 3.78. The lowest BCUT2D eigenvalue weighted by Crippen LogP contribution is -2.32. The lowest BCUT2D eigenvalue weighted by Gasteiger charge is -2.20. The van der Waals surface area contributed by atoms with Crippen LogP contribution in [0.4, 0.5) is 10.5 Å². The summed E-state index contributed by atoms with van der Waals surface area (Å²) in [4.78, 5) is 23.5. The topological polar surface area (TPSA) is 76.7 Å². The van der Waals surface area contributed by atoms with Crippen molar-refractivity contribution in [1.29, 1.82) is 0 Å². The molecule has 0 fully saturated rings. The summed E-state index contributed by atoms with van der Waals surface area (Å²) in [5.41, 5.74) is 2.78. The molecule has 0 radical (unpaired) electrons. The predicted octanol–water partition coefficient (Wildman–Crippen LogP) is 4.87. The van der Waals surface area contributed by atoms with E-state index in [1.54, 1.807) is 12.1 Å². The Morgan fingerprint density at radius 3 is 2.39 bits per heavy atom. The van der Waals surface area contributed by atoms with E-state index < -0.39 is 11.7 Å². The maximum absolute atomic E-state index is 11.9. The van der Waals surface area contributed by atoms with Crippen molar-refractivity contribution < 1.29 is 19.1 Å². The van der Waals surface area contributed by atoms with Crippen LogP contribution in [0.1, 0.15) is 42.3 Å². The van der Waals surface area contributed by atoms with Gasteiger partial charge in [0.2, 0.25) is 0 Å². The average molecular weight is 449 g/mol. The van der Waals surface area contributed by atoms with E-state index in [1.165, 1.54) is 7.11 Å². The molecule has 0 unspecified atom stereocenters. The summed E-state index contributed by atoms with van der Waals surface area (Å²) < 4.78 is 10.8. The first-order chi connectivity index (χ1) is 13.2. The van der Waals surface area contributed by atoms with Gasteiger partial charge >= 0.3 is 12.1 Å². The van der Waals surface area contributed by atoms with Crippen LogP contribution in [-0.4, -0.2) is 24.8 Å². The minimum absolute atomic E-state index is 0.348. The van der Waals surface area contributed by atoms with E-state index >= 15 is 0 Å². The number of hydrogen-bond donors (Lipinski definition) is 2. The Hall–Kier alpha value is -2.54. The van der Waals surface area contributed by atoms with Gasteiger partial charge < -0.3 is 20.1 Å². The fraction of sp³-hybridized carbons (Fsp3) is 0.333. The van der Waals surface area contributed by atoms with Crippen LogP contribution in [0.2, 0.25) is 0 Å². The minimum atomic E-state index is -0.537. The molecular formula is C21H25BrN2O4. The smallest absolute Gasteiger partial charge is 0.407 e. The molecule has 7 heteroatoms. The third-order valence-corrected chi connectivity index (χ3v) is 4.52. The van der Waals surface area contributed by atoms with E-state index in [4.69, 9.17) is 9.47 Å². The molecule has 2 N–H and O–H groups in total. The summed E-state index contributed by atoms with van der Waals surface area (Å²) in [6.45, 7) is 6.37. The summed E-state index contributed by atoms with van der Waals surface area (Å²) in [6.07, 6.45) is -0.455. The summed E-state index contributed by atoms with van der Waals surface area (Å²) in [5, 5.41) is 6.14. The highest BCUT2D eigenvalue weighted by Crippen LogP contribution is 2.22. The van der Waals surface area contributed by atoms with Crippen molar-refractivity contribution >= 4 is 33.7 Å². The molecule has 0 bridgehead atoms. The number of nitrogens with one attached hydrogen (secondary N) is 2. The number of benzene rings is 2. The maximum atomic E-state index is 11.9. The van der Waals surface area contributed by atoms with E-state index in [-0.39, 0.29) is 5.97 Å². The summed E-state index contributed by atoms with van der Waals surface area (Å²) in [5.74, 6) is -0.376. The molecule has 0 aliphatic heterocycles. The molecule has 0 aliphatic rings. The number of carbonyl (C=O) groups excluding carboxylic acids is 2. The molecule has 0 aliphatic carbocycles. The van der Waals surface area contributed by atoms with Gasteiger partial charge in [-0.25, -0.2) is 9.59 Å². The fourth-order valence-corrected chi connectivity index (χ4v) is 2.97. The first-order valence-electron chi connectivity index (χ1n) is 8.85. The molecule has 28 heavy (non-hydrogen) atoms. The third kappa shape index (κ3) is 6.56. The predicted molar refractivity (Wildman–Crippen MR) is 112 cm³/mol. The zero-order chi connectivity index (χ0) is 20.7. The van der Waals surface area contributed by atoms with Gasteiger partial charge in [-0.3, -0.25) is 0 Å². The lowest BCUT2D eigenvalue weighted by molar-refractivity contribution is 0.0522. The van der Waals surface area contributed by atoms with Gasteiger partial charge in [0.05, 0.1) is 12.7 Å². The van der Waals surface area contributed by atoms with Crippen LogP contribution in [-0.2, 0) is 22.6 Å². The molecular weight excluding hydrogens is 424 g/mol. The molecule has 0 atom stereocenters. The molecule has 150 valence electrons. The van der Waals surface area contributed by atoms with Gasteiger partial charge in [0.15, 0.2) is 0 Å². The summed E-state index contributed by atoms with van der Waals surface area (Å²) in [7, 11) is 1.36. The standard InChI is InChI=1S/C21H25BrN2O4/c1-21(2,3)28-20(26)24-13-16-7-5-6-8-18(16)23-12-15-10-9-14(11-17(15)22)19(25)27-4/h5-11,23H,12-13H2,1-4H3,(H,24,26). The number of hydrogen-bond acceptors (Lipinski definition) is 5. The molecule has 0 saturated carbocycles.